The van der Waals surface area contributed by atoms with Crippen molar-refractivity contribution in [1.82, 2.24) is 4.98 Å². The fraction of sp³-hybridized carbons (Fsp3) is 0.263. The van der Waals surface area contributed by atoms with Crippen LogP contribution in [0.2, 0.25) is 0 Å². The van der Waals surface area contributed by atoms with Crippen molar-refractivity contribution in [2.24, 2.45) is 21.2 Å². The van der Waals surface area contributed by atoms with Crippen LogP contribution in [-0.2, 0) is 9.31 Å². The number of nitrogens with zero attached hydrogens (tertiary/aromatic N) is 4. The number of anilines is 1. The summed E-state index contributed by atoms with van der Waals surface area (Å²) >= 11 is 0. The number of nitrogen functional groups attached to an aromatic ring is 1. The number of benzene rings is 1. The zero-order chi connectivity index (χ0) is 22.1. The van der Waals surface area contributed by atoms with Crippen molar-refractivity contribution in [2.75, 3.05) is 5.73 Å². The normalized spacial score (nSPS) is 21.4. The van der Waals surface area contributed by atoms with Gasteiger partial charge in [0.1, 0.15) is 11.5 Å². The summed E-state index contributed by atoms with van der Waals surface area (Å²) in [5.41, 5.74) is 4.97. The minimum absolute atomic E-state index is 0.0328. The number of pyridine rings is 1. The number of halogens is 2. The second kappa shape index (κ2) is 7.92. The summed E-state index contributed by atoms with van der Waals surface area (Å²) in [5, 5.41) is 6.92. The van der Waals surface area contributed by atoms with Crippen molar-refractivity contribution >= 4 is 29.9 Å². The first-order chi connectivity index (χ1) is 14.1. The minimum atomic E-state index is -1.14. The molecule has 1 aromatic heterocycles. The summed E-state index contributed by atoms with van der Waals surface area (Å²) in [4.78, 5) is 8.15. The first-order valence-corrected chi connectivity index (χ1v) is 9.00. The molecule has 30 heavy (non-hydrogen) atoms. The SMILES string of the molecule is C=CC1(C)OB(c2cnc(N)c(C(N=NN)=Nc3cccc(F)c3F)c2)OC1(C)C. The maximum absolute atomic E-state index is 14.1. The Balaban J connectivity index is 2.06. The van der Waals surface area contributed by atoms with Crippen molar-refractivity contribution in [3.63, 3.8) is 0 Å². The fourth-order valence-electron chi connectivity index (χ4n) is 2.89. The predicted molar refractivity (Wildman–Crippen MR) is 110 cm³/mol. The van der Waals surface area contributed by atoms with Crippen LogP contribution in [0, 0.1) is 11.6 Å². The van der Waals surface area contributed by atoms with Crippen molar-refractivity contribution in [3.05, 3.63) is 60.3 Å². The number of hydrogen-bond acceptors (Lipinski definition) is 6. The molecular formula is C19H21BF2N6O2. The average molecular weight is 414 g/mol. The average Bonchev–Trinajstić information content (AvgIpc) is 2.95. The van der Waals surface area contributed by atoms with E-state index < -0.39 is 30.0 Å². The van der Waals surface area contributed by atoms with E-state index in [0.29, 0.717) is 5.46 Å². The van der Waals surface area contributed by atoms with Gasteiger partial charge in [-0.3, -0.25) is 0 Å². The lowest BCUT2D eigenvalue weighted by Gasteiger charge is -2.33. The lowest BCUT2D eigenvalue weighted by atomic mass is 9.79. The number of aromatic nitrogens is 1. The maximum atomic E-state index is 14.1. The second-order valence-electron chi connectivity index (χ2n) is 7.31. The summed E-state index contributed by atoms with van der Waals surface area (Å²) in [6, 6.07) is 5.13. The smallest absolute Gasteiger partial charge is 0.399 e. The van der Waals surface area contributed by atoms with Gasteiger partial charge in [0.05, 0.1) is 16.8 Å². The van der Waals surface area contributed by atoms with Gasteiger partial charge in [0.25, 0.3) is 0 Å². The monoisotopic (exact) mass is 414 g/mol. The van der Waals surface area contributed by atoms with Gasteiger partial charge in [-0.15, -0.1) is 11.7 Å². The molecule has 1 saturated heterocycles. The standard InChI is InChI=1S/C19H21BF2N6O2/c1-5-19(4)18(2,3)29-20(30-19)11-9-12(16(23)25-10-11)17(27-28-24)26-14-8-6-7-13(21)15(14)22/h5-10H,1H2,2-4H3,(H2,23,25)(H2,24,26,27). The number of hydrogen-bond donors (Lipinski definition) is 2. The lowest BCUT2D eigenvalue weighted by molar-refractivity contribution is 0.0288. The van der Waals surface area contributed by atoms with Gasteiger partial charge in [0.2, 0.25) is 0 Å². The number of aliphatic imine (C=N–C) groups is 1. The predicted octanol–water partition coefficient (Wildman–Crippen LogP) is 2.81. The minimum Gasteiger partial charge on any atom is -0.399 e. The van der Waals surface area contributed by atoms with Crippen LogP contribution >= 0.6 is 0 Å². The van der Waals surface area contributed by atoms with Gasteiger partial charge in [-0.25, -0.2) is 18.8 Å². The van der Waals surface area contributed by atoms with E-state index in [-0.39, 0.29) is 22.9 Å². The Morgan fingerprint density at radius 2 is 2.00 bits per heavy atom. The van der Waals surface area contributed by atoms with Crippen LogP contribution < -0.4 is 17.0 Å². The zero-order valence-corrected chi connectivity index (χ0v) is 16.8. The highest BCUT2D eigenvalue weighted by molar-refractivity contribution is 6.62. The molecule has 2 heterocycles. The van der Waals surface area contributed by atoms with Gasteiger partial charge < -0.3 is 20.9 Å². The molecule has 2 aromatic rings. The largest absolute Gasteiger partial charge is 0.496 e. The van der Waals surface area contributed by atoms with Gasteiger partial charge in [-0.1, -0.05) is 17.4 Å². The molecule has 1 aliphatic heterocycles. The van der Waals surface area contributed by atoms with Crippen LogP contribution in [-0.4, -0.2) is 29.1 Å². The fourth-order valence-corrected chi connectivity index (χ4v) is 2.89. The van der Waals surface area contributed by atoms with E-state index in [1.54, 1.807) is 12.1 Å². The van der Waals surface area contributed by atoms with E-state index in [9.17, 15) is 8.78 Å². The summed E-state index contributed by atoms with van der Waals surface area (Å²) in [5.74, 6) is 2.85. The van der Waals surface area contributed by atoms with Crippen LogP contribution in [0.15, 0.2) is 58.4 Å². The molecule has 0 radical (unpaired) electrons. The van der Waals surface area contributed by atoms with E-state index in [2.05, 4.69) is 26.9 Å². The Labute approximate surface area is 172 Å². The molecule has 0 saturated carbocycles. The number of amidine groups is 1. The lowest BCUT2D eigenvalue weighted by Crippen LogP contribution is -2.42. The van der Waals surface area contributed by atoms with E-state index in [1.807, 2.05) is 20.8 Å². The second-order valence-corrected chi connectivity index (χ2v) is 7.31. The van der Waals surface area contributed by atoms with Crippen molar-refractivity contribution in [1.29, 1.82) is 0 Å². The third kappa shape index (κ3) is 3.81. The quantitative estimate of drug-likeness (QED) is 0.152. The summed E-state index contributed by atoms with van der Waals surface area (Å²) < 4.78 is 39.7. The summed E-state index contributed by atoms with van der Waals surface area (Å²) in [6.45, 7) is 9.43. The molecule has 0 amide bonds. The third-order valence-electron chi connectivity index (χ3n) is 5.10. The van der Waals surface area contributed by atoms with Crippen LogP contribution in [0.1, 0.15) is 26.3 Å². The molecule has 1 aliphatic rings. The molecule has 0 bridgehead atoms. The topological polar surface area (TPSA) is 120 Å². The van der Waals surface area contributed by atoms with Crippen LogP contribution in [0.3, 0.4) is 0 Å². The van der Waals surface area contributed by atoms with Gasteiger partial charge in [0.15, 0.2) is 17.5 Å². The molecule has 156 valence electrons. The highest BCUT2D eigenvalue weighted by Crippen LogP contribution is 2.38. The Kier molecular flexibility index (Phi) is 5.69. The highest BCUT2D eigenvalue weighted by atomic mass is 19.2. The van der Waals surface area contributed by atoms with E-state index in [0.717, 1.165) is 6.07 Å². The molecule has 11 heteroatoms. The molecule has 1 unspecified atom stereocenters. The van der Waals surface area contributed by atoms with Gasteiger partial charge in [-0.05, 0) is 39.0 Å². The first kappa shape index (κ1) is 21.5. The van der Waals surface area contributed by atoms with Gasteiger partial charge in [-0.2, -0.15) is 0 Å². The van der Waals surface area contributed by atoms with Crippen molar-refractivity contribution in [2.45, 2.75) is 32.0 Å². The summed E-state index contributed by atoms with van der Waals surface area (Å²) in [6.07, 6.45) is 3.15. The molecule has 1 atom stereocenters. The molecule has 1 fully saturated rings. The Morgan fingerprint density at radius 1 is 1.27 bits per heavy atom. The molecular weight excluding hydrogens is 393 g/mol. The summed E-state index contributed by atoms with van der Waals surface area (Å²) in [7, 11) is -0.781. The van der Waals surface area contributed by atoms with Crippen LogP contribution in [0.5, 0.6) is 0 Å². The molecule has 0 spiro atoms. The number of rotatable bonds is 4. The molecule has 8 nitrogen and oxygen atoms in total. The molecule has 3 rings (SSSR count). The van der Waals surface area contributed by atoms with E-state index >= 15 is 0 Å². The van der Waals surface area contributed by atoms with Gasteiger partial charge >= 0.3 is 7.12 Å². The molecule has 4 N–H and O–H groups in total. The Hall–Kier alpha value is -3.18. The van der Waals surface area contributed by atoms with Crippen LogP contribution in [0.25, 0.3) is 0 Å². The Morgan fingerprint density at radius 3 is 2.63 bits per heavy atom. The van der Waals surface area contributed by atoms with Crippen molar-refractivity contribution in [3.8, 4) is 0 Å². The maximum Gasteiger partial charge on any atom is 0.496 e. The molecule has 1 aromatic carbocycles. The first-order valence-electron chi connectivity index (χ1n) is 9.00. The van der Waals surface area contributed by atoms with E-state index in [4.69, 9.17) is 20.9 Å². The van der Waals surface area contributed by atoms with Gasteiger partial charge in [0, 0.05) is 11.7 Å². The zero-order valence-electron chi connectivity index (χ0n) is 16.8. The van der Waals surface area contributed by atoms with Crippen LogP contribution in [0.4, 0.5) is 20.3 Å². The highest BCUT2D eigenvalue weighted by Gasteiger charge is 2.53. The van der Waals surface area contributed by atoms with E-state index in [1.165, 1.54) is 18.3 Å². The Bertz CT molecular complexity index is 1050. The molecule has 0 aliphatic carbocycles. The number of nitrogens with two attached hydrogens (primary N) is 2. The third-order valence-corrected chi connectivity index (χ3v) is 5.10. The van der Waals surface area contributed by atoms with Crippen molar-refractivity contribution < 1.29 is 18.1 Å².